The van der Waals surface area contributed by atoms with E-state index in [-0.39, 0.29) is 6.61 Å². The molecule has 16 heavy (non-hydrogen) atoms. The summed E-state index contributed by atoms with van der Waals surface area (Å²) in [5, 5.41) is 18.8. The molecule has 0 saturated heterocycles. The van der Waals surface area contributed by atoms with Gasteiger partial charge in [0, 0.05) is 12.2 Å². The molecule has 1 aromatic carbocycles. The van der Waals surface area contributed by atoms with Crippen LogP contribution in [0.3, 0.4) is 0 Å². The molecular weight excluding hydrogens is 202 g/mol. The van der Waals surface area contributed by atoms with Gasteiger partial charge >= 0.3 is 0 Å². The summed E-state index contributed by atoms with van der Waals surface area (Å²) in [6.07, 6.45) is 1.85. The van der Waals surface area contributed by atoms with Crippen LogP contribution in [0.5, 0.6) is 0 Å². The minimum absolute atomic E-state index is 0.0280. The molecule has 0 aromatic heterocycles. The highest BCUT2D eigenvalue weighted by molar-refractivity contribution is 5.55. The van der Waals surface area contributed by atoms with E-state index in [0.717, 1.165) is 11.3 Å². The molecule has 3 nitrogen and oxygen atoms in total. The molecule has 0 bridgehead atoms. The molecule has 1 rings (SSSR count). The molecule has 0 amide bonds. The van der Waals surface area contributed by atoms with E-state index in [2.05, 4.69) is 6.58 Å². The zero-order valence-corrected chi connectivity index (χ0v) is 9.63. The fraction of sp³-hybridized carbons (Fsp3) is 0.385. The Hall–Kier alpha value is -1.32. The van der Waals surface area contributed by atoms with E-state index in [1.807, 2.05) is 31.2 Å². The van der Waals surface area contributed by atoms with Crippen molar-refractivity contribution in [2.45, 2.75) is 19.6 Å². The van der Waals surface area contributed by atoms with Crippen molar-refractivity contribution in [1.82, 2.24) is 0 Å². The summed E-state index contributed by atoms with van der Waals surface area (Å²) in [6.45, 7) is 6.06. The number of anilines is 1. The number of hydrogen-bond acceptors (Lipinski definition) is 3. The van der Waals surface area contributed by atoms with Crippen molar-refractivity contribution in [1.29, 1.82) is 0 Å². The number of aliphatic hydroxyl groups excluding tert-OH is 2. The van der Waals surface area contributed by atoms with E-state index in [4.69, 9.17) is 5.11 Å². The fourth-order valence-corrected chi connectivity index (χ4v) is 1.58. The Bertz CT molecular complexity index is 321. The lowest BCUT2D eigenvalue weighted by molar-refractivity contribution is 0.156. The topological polar surface area (TPSA) is 43.7 Å². The third-order valence-electron chi connectivity index (χ3n) is 2.53. The predicted octanol–water partition coefficient (Wildman–Crippen LogP) is 1.86. The number of aliphatic hydroxyl groups is 2. The summed E-state index contributed by atoms with van der Waals surface area (Å²) in [6, 6.07) is 7.72. The molecule has 0 fully saturated rings. The number of hydrogen-bond donors (Lipinski definition) is 2. The summed E-state index contributed by atoms with van der Waals surface area (Å²) in [4.78, 5) is 1.78. The molecule has 0 aliphatic carbocycles. The maximum absolute atomic E-state index is 9.82. The first-order valence-corrected chi connectivity index (χ1v) is 5.51. The van der Waals surface area contributed by atoms with Gasteiger partial charge in [-0.15, -0.1) is 0 Å². The first kappa shape index (κ1) is 12.7. The van der Waals surface area contributed by atoms with Crippen LogP contribution in [0, 0.1) is 0 Å². The molecule has 0 saturated carbocycles. The summed E-state index contributed by atoms with van der Waals surface area (Å²) in [5.41, 5.74) is 1.95. The minimum atomic E-state index is -0.554. The predicted molar refractivity (Wildman–Crippen MR) is 67.3 cm³/mol. The van der Waals surface area contributed by atoms with Crippen molar-refractivity contribution < 1.29 is 10.2 Å². The monoisotopic (exact) mass is 221 g/mol. The van der Waals surface area contributed by atoms with Gasteiger partial charge in [0.05, 0.1) is 6.61 Å². The Morgan fingerprint density at radius 2 is 2.00 bits per heavy atom. The van der Waals surface area contributed by atoms with Crippen molar-refractivity contribution in [3.8, 4) is 0 Å². The lowest BCUT2D eigenvalue weighted by Gasteiger charge is -2.28. The normalized spacial score (nSPS) is 12.2. The first-order chi connectivity index (χ1) is 7.72. The van der Waals surface area contributed by atoms with Gasteiger partial charge in [-0.2, -0.15) is 0 Å². The van der Waals surface area contributed by atoms with Gasteiger partial charge in [0.2, 0.25) is 0 Å². The van der Waals surface area contributed by atoms with Crippen LogP contribution in [0.25, 0.3) is 6.08 Å². The molecule has 1 atom stereocenters. The van der Waals surface area contributed by atoms with Gasteiger partial charge in [-0.1, -0.05) is 31.7 Å². The second-order valence-electron chi connectivity index (χ2n) is 3.60. The molecular formula is C13H19NO2. The van der Waals surface area contributed by atoms with Crippen LogP contribution in [0.2, 0.25) is 0 Å². The Labute approximate surface area is 96.6 Å². The Balaban J connectivity index is 2.87. The Morgan fingerprint density at radius 1 is 1.38 bits per heavy atom. The van der Waals surface area contributed by atoms with Gasteiger partial charge in [-0.05, 0) is 24.1 Å². The summed E-state index contributed by atoms with van der Waals surface area (Å²) < 4.78 is 0. The molecule has 3 heteroatoms. The molecule has 0 radical (unpaired) electrons. The van der Waals surface area contributed by atoms with Crippen molar-refractivity contribution >= 4 is 11.8 Å². The van der Waals surface area contributed by atoms with Crippen LogP contribution in [-0.2, 0) is 0 Å². The van der Waals surface area contributed by atoms with Crippen LogP contribution in [0.15, 0.2) is 30.8 Å². The van der Waals surface area contributed by atoms with E-state index < -0.39 is 6.23 Å². The molecule has 1 aromatic rings. The van der Waals surface area contributed by atoms with E-state index in [0.29, 0.717) is 13.0 Å². The van der Waals surface area contributed by atoms with Crippen molar-refractivity contribution in [3.63, 3.8) is 0 Å². The lowest BCUT2D eigenvalue weighted by atomic mass is 10.2. The first-order valence-electron chi connectivity index (χ1n) is 5.51. The fourth-order valence-electron chi connectivity index (χ4n) is 1.58. The van der Waals surface area contributed by atoms with Gasteiger partial charge in [-0.3, -0.25) is 0 Å². The van der Waals surface area contributed by atoms with E-state index in [1.54, 1.807) is 11.0 Å². The van der Waals surface area contributed by atoms with Crippen LogP contribution in [-0.4, -0.2) is 29.6 Å². The molecule has 2 N–H and O–H groups in total. The maximum Gasteiger partial charge on any atom is 0.126 e. The van der Waals surface area contributed by atoms with Gasteiger partial charge in [0.25, 0.3) is 0 Å². The Kier molecular flexibility index (Phi) is 5.02. The van der Waals surface area contributed by atoms with Crippen LogP contribution in [0.1, 0.15) is 18.9 Å². The van der Waals surface area contributed by atoms with Crippen molar-refractivity contribution in [3.05, 3.63) is 36.4 Å². The molecule has 1 unspecified atom stereocenters. The second-order valence-corrected chi connectivity index (χ2v) is 3.60. The SMILES string of the molecule is C=Cc1ccc(N(CCO)C(O)CC)cc1. The zero-order chi connectivity index (χ0) is 12.0. The summed E-state index contributed by atoms with van der Waals surface area (Å²) in [5.74, 6) is 0. The number of benzene rings is 1. The Morgan fingerprint density at radius 3 is 2.44 bits per heavy atom. The number of rotatable bonds is 6. The van der Waals surface area contributed by atoms with Crippen molar-refractivity contribution in [2.24, 2.45) is 0 Å². The minimum Gasteiger partial charge on any atom is -0.395 e. The van der Waals surface area contributed by atoms with Gasteiger partial charge in [-0.25, -0.2) is 0 Å². The van der Waals surface area contributed by atoms with Crippen LogP contribution >= 0.6 is 0 Å². The average Bonchev–Trinajstić information content (AvgIpc) is 2.35. The highest BCUT2D eigenvalue weighted by Crippen LogP contribution is 2.18. The molecule has 88 valence electrons. The van der Waals surface area contributed by atoms with Gasteiger partial charge in [0.1, 0.15) is 6.23 Å². The molecule has 0 spiro atoms. The highest BCUT2D eigenvalue weighted by Gasteiger charge is 2.13. The van der Waals surface area contributed by atoms with E-state index >= 15 is 0 Å². The largest absolute Gasteiger partial charge is 0.395 e. The smallest absolute Gasteiger partial charge is 0.126 e. The third-order valence-corrected chi connectivity index (χ3v) is 2.53. The standard InChI is InChI=1S/C13H19NO2/c1-3-11-5-7-12(8-6-11)14(9-10-15)13(16)4-2/h3,5-8,13,15-16H,1,4,9-10H2,2H3. The van der Waals surface area contributed by atoms with Crippen LogP contribution < -0.4 is 4.90 Å². The molecule has 0 heterocycles. The average molecular weight is 221 g/mol. The quantitative estimate of drug-likeness (QED) is 0.721. The highest BCUT2D eigenvalue weighted by atomic mass is 16.3. The lowest BCUT2D eigenvalue weighted by Crippen LogP contribution is -2.36. The second kappa shape index (κ2) is 6.30. The van der Waals surface area contributed by atoms with Crippen molar-refractivity contribution in [2.75, 3.05) is 18.1 Å². The van der Waals surface area contributed by atoms with Gasteiger partial charge in [0.15, 0.2) is 0 Å². The zero-order valence-electron chi connectivity index (χ0n) is 9.63. The van der Waals surface area contributed by atoms with E-state index in [1.165, 1.54) is 0 Å². The molecule has 0 aliphatic rings. The third kappa shape index (κ3) is 3.08. The van der Waals surface area contributed by atoms with Crippen LogP contribution in [0.4, 0.5) is 5.69 Å². The maximum atomic E-state index is 9.82. The molecule has 0 aliphatic heterocycles. The van der Waals surface area contributed by atoms with E-state index in [9.17, 15) is 5.11 Å². The van der Waals surface area contributed by atoms with Gasteiger partial charge < -0.3 is 15.1 Å². The number of nitrogens with zero attached hydrogens (tertiary/aromatic N) is 1. The summed E-state index contributed by atoms with van der Waals surface area (Å²) >= 11 is 0. The summed E-state index contributed by atoms with van der Waals surface area (Å²) in [7, 11) is 0.